The van der Waals surface area contributed by atoms with Gasteiger partial charge in [-0.05, 0) is 30.7 Å². The molecule has 1 aromatic carbocycles. The van der Waals surface area contributed by atoms with Gasteiger partial charge in [0.15, 0.2) is 5.65 Å². The topological polar surface area (TPSA) is 85.6 Å². The summed E-state index contributed by atoms with van der Waals surface area (Å²) in [5.41, 5.74) is 0.788. The molecule has 0 aliphatic rings. The van der Waals surface area contributed by atoms with Crippen molar-refractivity contribution in [1.82, 2.24) is 19.3 Å². The Balaban J connectivity index is 1.40. The standard InChI is InChI=1S/C17H20N4O3S/c22-25(23,14-13-24-15-7-2-1-3-8-15)18-11-6-10-17-20-19-16-9-4-5-12-21(16)17/h1-5,7-9,12,18H,6,10-11,13-14H2. The van der Waals surface area contributed by atoms with E-state index in [9.17, 15) is 8.42 Å². The fourth-order valence-electron chi connectivity index (χ4n) is 2.39. The predicted molar refractivity (Wildman–Crippen MR) is 95.0 cm³/mol. The number of sulfonamides is 1. The number of nitrogens with zero attached hydrogens (tertiary/aromatic N) is 3. The number of hydrogen-bond donors (Lipinski definition) is 1. The van der Waals surface area contributed by atoms with Crippen LogP contribution in [-0.2, 0) is 16.4 Å². The average Bonchev–Trinajstić information content (AvgIpc) is 3.03. The zero-order valence-electron chi connectivity index (χ0n) is 13.7. The molecule has 3 rings (SSSR count). The molecule has 0 aliphatic heterocycles. The van der Waals surface area contributed by atoms with Crippen molar-refractivity contribution in [3.63, 3.8) is 0 Å². The van der Waals surface area contributed by atoms with Crippen LogP contribution < -0.4 is 9.46 Å². The van der Waals surface area contributed by atoms with E-state index in [4.69, 9.17) is 4.74 Å². The van der Waals surface area contributed by atoms with Gasteiger partial charge < -0.3 is 4.74 Å². The first kappa shape index (κ1) is 17.4. The van der Waals surface area contributed by atoms with Crippen molar-refractivity contribution in [1.29, 1.82) is 0 Å². The van der Waals surface area contributed by atoms with Crippen LogP contribution in [-0.4, -0.2) is 41.9 Å². The van der Waals surface area contributed by atoms with E-state index >= 15 is 0 Å². The van der Waals surface area contributed by atoms with Crippen molar-refractivity contribution in [2.24, 2.45) is 0 Å². The Bertz CT molecular complexity index is 910. The van der Waals surface area contributed by atoms with E-state index in [1.807, 2.05) is 47.0 Å². The molecule has 0 aliphatic carbocycles. The molecule has 0 radical (unpaired) electrons. The molecule has 25 heavy (non-hydrogen) atoms. The highest BCUT2D eigenvalue weighted by Gasteiger charge is 2.10. The molecule has 7 nitrogen and oxygen atoms in total. The van der Waals surface area contributed by atoms with Crippen LogP contribution in [0, 0.1) is 0 Å². The van der Waals surface area contributed by atoms with E-state index in [0.29, 0.717) is 25.1 Å². The Kier molecular flexibility index (Phi) is 5.62. The molecule has 0 fully saturated rings. The zero-order chi connectivity index (χ0) is 17.5. The van der Waals surface area contributed by atoms with Crippen molar-refractivity contribution in [2.45, 2.75) is 12.8 Å². The summed E-state index contributed by atoms with van der Waals surface area (Å²) in [4.78, 5) is 0. The molecule has 1 N–H and O–H groups in total. The molecule has 0 amide bonds. The predicted octanol–water partition coefficient (Wildman–Crippen LogP) is 1.66. The lowest BCUT2D eigenvalue weighted by Crippen LogP contribution is -2.30. The van der Waals surface area contributed by atoms with Gasteiger partial charge >= 0.3 is 0 Å². The van der Waals surface area contributed by atoms with Gasteiger partial charge in [-0.25, -0.2) is 13.1 Å². The highest BCUT2D eigenvalue weighted by Crippen LogP contribution is 2.08. The number of rotatable bonds is 9. The number of hydrogen-bond acceptors (Lipinski definition) is 5. The van der Waals surface area contributed by atoms with Crippen molar-refractivity contribution < 1.29 is 13.2 Å². The van der Waals surface area contributed by atoms with Gasteiger partial charge in [0.1, 0.15) is 18.2 Å². The van der Waals surface area contributed by atoms with Gasteiger partial charge in [-0.15, -0.1) is 10.2 Å². The van der Waals surface area contributed by atoms with Gasteiger partial charge in [0.25, 0.3) is 0 Å². The van der Waals surface area contributed by atoms with E-state index in [2.05, 4.69) is 14.9 Å². The van der Waals surface area contributed by atoms with Gasteiger partial charge in [0.05, 0.1) is 5.75 Å². The second-order valence-electron chi connectivity index (χ2n) is 5.52. The Labute approximate surface area is 146 Å². The number of aryl methyl sites for hydroxylation is 1. The highest BCUT2D eigenvalue weighted by atomic mass is 32.2. The molecule has 0 saturated carbocycles. The first-order chi connectivity index (χ1) is 12.1. The summed E-state index contributed by atoms with van der Waals surface area (Å²) in [7, 11) is -3.35. The molecular formula is C17H20N4O3S. The number of fused-ring (bicyclic) bond motifs is 1. The number of para-hydroxylation sites is 1. The molecule has 2 aromatic heterocycles. The Hall–Kier alpha value is -2.45. The lowest BCUT2D eigenvalue weighted by Gasteiger charge is -2.08. The summed E-state index contributed by atoms with van der Waals surface area (Å²) in [5.74, 6) is 1.41. The molecule has 0 bridgehead atoms. The summed E-state index contributed by atoms with van der Waals surface area (Å²) < 4.78 is 33.9. The maximum absolute atomic E-state index is 12.0. The second-order valence-corrected chi connectivity index (χ2v) is 7.45. The lowest BCUT2D eigenvalue weighted by molar-refractivity contribution is 0.340. The van der Waals surface area contributed by atoms with E-state index in [0.717, 1.165) is 11.5 Å². The third kappa shape index (κ3) is 5.01. The molecule has 0 spiro atoms. The molecule has 8 heteroatoms. The van der Waals surface area contributed by atoms with Crippen LogP contribution >= 0.6 is 0 Å². The van der Waals surface area contributed by atoms with Crippen LogP contribution in [0.1, 0.15) is 12.2 Å². The SMILES string of the molecule is O=S(=O)(CCOc1ccccc1)NCCCc1nnc2ccccn12. The summed E-state index contributed by atoms with van der Waals surface area (Å²) in [6.07, 6.45) is 3.19. The second kappa shape index (κ2) is 8.09. The van der Waals surface area contributed by atoms with E-state index < -0.39 is 10.0 Å². The Morgan fingerprint density at radius 3 is 2.68 bits per heavy atom. The first-order valence-electron chi connectivity index (χ1n) is 8.08. The van der Waals surface area contributed by atoms with Gasteiger partial charge in [-0.2, -0.15) is 0 Å². The van der Waals surface area contributed by atoms with Crippen LogP contribution in [0.2, 0.25) is 0 Å². The van der Waals surface area contributed by atoms with Crippen molar-refractivity contribution >= 4 is 15.7 Å². The molecule has 2 heterocycles. The smallest absolute Gasteiger partial charge is 0.214 e. The minimum atomic E-state index is -3.35. The van der Waals surface area contributed by atoms with Crippen LogP contribution in [0.15, 0.2) is 54.7 Å². The van der Waals surface area contributed by atoms with Gasteiger partial charge in [-0.1, -0.05) is 24.3 Å². The minimum absolute atomic E-state index is 0.0737. The number of benzene rings is 1. The molecule has 0 unspecified atom stereocenters. The molecular weight excluding hydrogens is 340 g/mol. The molecule has 0 saturated heterocycles. The van der Waals surface area contributed by atoms with Crippen LogP contribution in [0.3, 0.4) is 0 Å². The summed E-state index contributed by atoms with van der Waals surface area (Å²) in [5, 5.41) is 8.20. The summed E-state index contributed by atoms with van der Waals surface area (Å²) >= 11 is 0. The summed E-state index contributed by atoms with van der Waals surface area (Å²) in [6, 6.07) is 14.9. The zero-order valence-corrected chi connectivity index (χ0v) is 14.5. The lowest BCUT2D eigenvalue weighted by atomic mass is 10.3. The molecule has 132 valence electrons. The van der Waals surface area contributed by atoms with Crippen molar-refractivity contribution in [3.8, 4) is 5.75 Å². The van der Waals surface area contributed by atoms with Gasteiger partial charge in [-0.3, -0.25) is 4.40 Å². The van der Waals surface area contributed by atoms with Gasteiger partial charge in [0, 0.05) is 19.2 Å². The Morgan fingerprint density at radius 2 is 1.84 bits per heavy atom. The number of nitrogens with one attached hydrogen (secondary N) is 1. The third-order valence-corrected chi connectivity index (χ3v) is 5.00. The largest absolute Gasteiger partial charge is 0.492 e. The third-order valence-electron chi connectivity index (χ3n) is 3.65. The van der Waals surface area contributed by atoms with Crippen LogP contribution in [0.25, 0.3) is 5.65 Å². The molecule has 3 aromatic rings. The van der Waals surface area contributed by atoms with Gasteiger partial charge in [0.2, 0.25) is 10.0 Å². The van der Waals surface area contributed by atoms with E-state index in [-0.39, 0.29) is 12.4 Å². The minimum Gasteiger partial charge on any atom is -0.492 e. The fourth-order valence-corrected chi connectivity index (χ4v) is 3.30. The fraction of sp³-hybridized carbons (Fsp3) is 0.294. The average molecular weight is 360 g/mol. The first-order valence-corrected chi connectivity index (χ1v) is 9.73. The van der Waals surface area contributed by atoms with E-state index in [1.165, 1.54) is 0 Å². The number of aromatic nitrogens is 3. The van der Waals surface area contributed by atoms with Crippen LogP contribution in [0.4, 0.5) is 0 Å². The maximum Gasteiger partial charge on any atom is 0.214 e. The number of pyridine rings is 1. The molecule has 0 atom stereocenters. The summed E-state index contributed by atoms with van der Waals surface area (Å²) in [6.45, 7) is 0.476. The van der Waals surface area contributed by atoms with Crippen LogP contribution in [0.5, 0.6) is 5.75 Å². The maximum atomic E-state index is 12.0. The number of ether oxygens (including phenoxy) is 1. The Morgan fingerprint density at radius 1 is 1.04 bits per heavy atom. The van der Waals surface area contributed by atoms with Crippen molar-refractivity contribution in [2.75, 3.05) is 18.9 Å². The van der Waals surface area contributed by atoms with Crippen molar-refractivity contribution in [3.05, 3.63) is 60.6 Å². The normalized spacial score (nSPS) is 11.7. The monoisotopic (exact) mass is 360 g/mol. The van der Waals surface area contributed by atoms with E-state index in [1.54, 1.807) is 12.1 Å². The quantitative estimate of drug-likeness (QED) is 0.587. The highest BCUT2D eigenvalue weighted by molar-refractivity contribution is 7.89.